The maximum absolute atomic E-state index is 10.2. The smallest absolute Gasteiger partial charge is 0.240 e. The Labute approximate surface area is 103 Å². The average molecular weight is 235 g/mol. The maximum Gasteiger partial charge on any atom is 0.240 e. The molecule has 0 bridgehead atoms. The molecule has 0 aliphatic heterocycles. The van der Waals surface area contributed by atoms with Crippen LogP contribution in [0.3, 0.4) is 0 Å². The van der Waals surface area contributed by atoms with Crippen LogP contribution in [0.25, 0.3) is 16.7 Å². The summed E-state index contributed by atoms with van der Waals surface area (Å²) in [5.41, 5.74) is 3.57. The minimum absolute atomic E-state index is 0.596. The van der Waals surface area contributed by atoms with Gasteiger partial charge in [-0.25, -0.2) is 9.78 Å². The fourth-order valence-electron chi connectivity index (χ4n) is 1.91. The van der Waals surface area contributed by atoms with Crippen molar-refractivity contribution in [3.63, 3.8) is 0 Å². The van der Waals surface area contributed by atoms with Crippen molar-refractivity contribution < 1.29 is 4.79 Å². The molecule has 2 aromatic carbocycles. The van der Waals surface area contributed by atoms with Crippen molar-refractivity contribution >= 4 is 22.8 Å². The molecule has 3 aromatic rings. The number of nitrogens with zero attached hydrogens (tertiary/aromatic N) is 3. The number of para-hydroxylation sites is 2. The minimum Gasteiger partial charge on any atom is -0.299 e. The van der Waals surface area contributed by atoms with Gasteiger partial charge in [-0.05, 0) is 36.4 Å². The van der Waals surface area contributed by atoms with Crippen molar-refractivity contribution in [3.05, 3.63) is 54.9 Å². The van der Waals surface area contributed by atoms with Gasteiger partial charge in [-0.15, -0.1) is 0 Å². The van der Waals surface area contributed by atoms with Crippen molar-refractivity contribution in [1.82, 2.24) is 9.55 Å². The molecule has 0 atom stereocenters. The van der Waals surface area contributed by atoms with Gasteiger partial charge in [0.05, 0.1) is 16.7 Å². The second-order valence-corrected chi connectivity index (χ2v) is 3.82. The van der Waals surface area contributed by atoms with Gasteiger partial charge in [0, 0.05) is 5.69 Å². The molecule has 4 heteroatoms. The van der Waals surface area contributed by atoms with Crippen molar-refractivity contribution in [2.45, 2.75) is 0 Å². The number of rotatable bonds is 2. The van der Waals surface area contributed by atoms with E-state index in [0.717, 1.165) is 16.7 Å². The van der Waals surface area contributed by atoms with E-state index in [-0.39, 0.29) is 0 Å². The van der Waals surface area contributed by atoms with Crippen molar-refractivity contribution in [2.75, 3.05) is 0 Å². The number of isocyanates is 1. The number of aliphatic imine (C=N–C) groups is 1. The molecule has 0 fully saturated rings. The van der Waals surface area contributed by atoms with E-state index in [1.54, 1.807) is 18.5 Å². The molecule has 18 heavy (non-hydrogen) atoms. The summed E-state index contributed by atoms with van der Waals surface area (Å²) < 4.78 is 1.99. The van der Waals surface area contributed by atoms with Gasteiger partial charge in [0.2, 0.25) is 6.08 Å². The van der Waals surface area contributed by atoms with Gasteiger partial charge in [0.15, 0.2) is 0 Å². The average Bonchev–Trinajstić information content (AvgIpc) is 2.84. The third kappa shape index (κ3) is 1.71. The van der Waals surface area contributed by atoms with Gasteiger partial charge in [-0.1, -0.05) is 12.1 Å². The predicted molar refractivity (Wildman–Crippen MR) is 68.9 cm³/mol. The molecular weight excluding hydrogens is 226 g/mol. The van der Waals surface area contributed by atoms with E-state index >= 15 is 0 Å². The summed E-state index contributed by atoms with van der Waals surface area (Å²) in [4.78, 5) is 18.0. The van der Waals surface area contributed by atoms with E-state index in [2.05, 4.69) is 9.98 Å². The van der Waals surface area contributed by atoms with Gasteiger partial charge in [-0.3, -0.25) is 4.57 Å². The highest BCUT2D eigenvalue weighted by molar-refractivity contribution is 5.77. The van der Waals surface area contributed by atoms with E-state index in [1.165, 1.54) is 6.08 Å². The highest BCUT2D eigenvalue weighted by Gasteiger charge is 2.03. The number of fused-ring (bicyclic) bond motifs is 1. The van der Waals surface area contributed by atoms with Crippen LogP contribution in [0.4, 0.5) is 5.69 Å². The fourth-order valence-corrected chi connectivity index (χ4v) is 1.91. The monoisotopic (exact) mass is 235 g/mol. The summed E-state index contributed by atoms with van der Waals surface area (Å²) in [6.07, 6.45) is 3.30. The lowest BCUT2D eigenvalue weighted by Crippen LogP contribution is -1.90. The minimum atomic E-state index is 0.596. The molecular formula is C14H9N3O. The summed E-state index contributed by atoms with van der Waals surface area (Å²) in [5, 5.41) is 0. The summed E-state index contributed by atoms with van der Waals surface area (Å²) in [6.45, 7) is 0. The fraction of sp³-hybridized carbons (Fsp3) is 0. The molecule has 0 spiro atoms. The zero-order valence-electron chi connectivity index (χ0n) is 9.45. The Morgan fingerprint density at radius 1 is 1.06 bits per heavy atom. The number of aromatic nitrogens is 2. The van der Waals surface area contributed by atoms with Crippen LogP contribution in [0.15, 0.2) is 59.9 Å². The number of hydrogen-bond acceptors (Lipinski definition) is 3. The van der Waals surface area contributed by atoms with Crippen LogP contribution in [-0.2, 0) is 4.79 Å². The molecule has 1 aromatic heterocycles. The van der Waals surface area contributed by atoms with Gasteiger partial charge >= 0.3 is 0 Å². The highest BCUT2D eigenvalue weighted by atomic mass is 16.1. The largest absolute Gasteiger partial charge is 0.299 e. The van der Waals surface area contributed by atoms with E-state index < -0.39 is 0 Å². The lowest BCUT2D eigenvalue weighted by Gasteiger charge is -2.03. The lowest BCUT2D eigenvalue weighted by molar-refractivity contribution is 0.565. The normalized spacial score (nSPS) is 10.2. The molecule has 1 heterocycles. The summed E-state index contributed by atoms with van der Waals surface area (Å²) in [5.74, 6) is 0. The van der Waals surface area contributed by atoms with E-state index in [9.17, 15) is 4.79 Å². The Kier molecular flexibility index (Phi) is 2.48. The third-order valence-electron chi connectivity index (χ3n) is 2.76. The van der Waals surface area contributed by atoms with Crippen LogP contribution in [0, 0.1) is 0 Å². The van der Waals surface area contributed by atoms with Gasteiger partial charge < -0.3 is 0 Å². The van der Waals surface area contributed by atoms with Crippen molar-refractivity contribution in [3.8, 4) is 5.69 Å². The molecule has 3 rings (SSSR count). The van der Waals surface area contributed by atoms with Crippen molar-refractivity contribution in [2.24, 2.45) is 4.99 Å². The molecule has 0 radical (unpaired) electrons. The zero-order valence-corrected chi connectivity index (χ0v) is 9.45. The molecule has 0 amide bonds. The summed E-state index contributed by atoms with van der Waals surface area (Å²) in [7, 11) is 0. The topological polar surface area (TPSA) is 47.2 Å². The Bertz CT molecular complexity index is 737. The first-order valence-electron chi connectivity index (χ1n) is 5.49. The molecule has 4 nitrogen and oxygen atoms in total. The Morgan fingerprint density at radius 2 is 1.83 bits per heavy atom. The molecule has 86 valence electrons. The lowest BCUT2D eigenvalue weighted by atomic mass is 10.2. The van der Waals surface area contributed by atoms with Crippen LogP contribution < -0.4 is 0 Å². The van der Waals surface area contributed by atoms with Crippen LogP contribution in [0.2, 0.25) is 0 Å². The molecule has 0 saturated carbocycles. The molecule has 0 saturated heterocycles. The number of imidazole rings is 1. The highest BCUT2D eigenvalue weighted by Crippen LogP contribution is 2.20. The van der Waals surface area contributed by atoms with Gasteiger partial charge in [0.1, 0.15) is 6.33 Å². The first-order chi connectivity index (χ1) is 8.88. The second-order valence-electron chi connectivity index (χ2n) is 3.82. The number of carbonyl (C=O) groups excluding carboxylic acids is 1. The summed E-state index contributed by atoms with van der Waals surface area (Å²) >= 11 is 0. The Morgan fingerprint density at radius 3 is 2.61 bits per heavy atom. The third-order valence-corrected chi connectivity index (χ3v) is 2.76. The molecule has 0 unspecified atom stereocenters. The SMILES string of the molecule is O=C=Nc1ccc(-n2cnc3ccccc32)cc1. The standard InChI is InChI=1S/C14H9N3O/c18-10-16-11-5-7-12(8-6-11)17-9-15-13-3-1-2-4-14(13)17/h1-9H. The molecule has 0 aliphatic carbocycles. The number of hydrogen-bond donors (Lipinski definition) is 0. The Balaban J connectivity index is 2.11. The van der Waals surface area contributed by atoms with E-state index in [1.807, 2.05) is 41.0 Å². The first kappa shape index (κ1) is 10.4. The zero-order chi connectivity index (χ0) is 12.4. The summed E-state index contributed by atoms with van der Waals surface area (Å²) in [6, 6.07) is 15.3. The van der Waals surface area contributed by atoms with Gasteiger partial charge in [-0.2, -0.15) is 4.99 Å². The quantitative estimate of drug-likeness (QED) is 0.506. The van der Waals surface area contributed by atoms with Crippen molar-refractivity contribution in [1.29, 1.82) is 0 Å². The van der Waals surface area contributed by atoms with E-state index in [4.69, 9.17) is 0 Å². The predicted octanol–water partition coefficient (Wildman–Crippen LogP) is 2.99. The van der Waals surface area contributed by atoms with Crippen LogP contribution in [0.5, 0.6) is 0 Å². The molecule has 0 N–H and O–H groups in total. The van der Waals surface area contributed by atoms with Crippen LogP contribution in [-0.4, -0.2) is 15.6 Å². The van der Waals surface area contributed by atoms with Crippen LogP contribution in [0.1, 0.15) is 0 Å². The first-order valence-corrected chi connectivity index (χ1v) is 5.49. The van der Waals surface area contributed by atoms with Gasteiger partial charge in [0.25, 0.3) is 0 Å². The van der Waals surface area contributed by atoms with Crippen LogP contribution >= 0.6 is 0 Å². The number of benzene rings is 2. The molecule has 0 aliphatic rings. The maximum atomic E-state index is 10.2. The van der Waals surface area contributed by atoms with E-state index in [0.29, 0.717) is 5.69 Å². The Hall–Kier alpha value is -2.71. The second kappa shape index (κ2) is 4.28.